The van der Waals surface area contributed by atoms with Crippen LogP contribution >= 0.6 is 15.9 Å². The van der Waals surface area contributed by atoms with Gasteiger partial charge in [-0.2, -0.15) is 0 Å². The quantitative estimate of drug-likeness (QED) is 0.306. The molecule has 0 saturated carbocycles. The maximum Gasteiger partial charge on any atom is 0.343 e. The Morgan fingerprint density at radius 1 is 0.933 bits per heavy atom. The van der Waals surface area contributed by atoms with Crippen molar-refractivity contribution < 1.29 is 19.4 Å². The molecule has 3 aromatic carbocycles. The van der Waals surface area contributed by atoms with Crippen molar-refractivity contribution in [2.24, 2.45) is 0 Å². The summed E-state index contributed by atoms with van der Waals surface area (Å²) in [4.78, 5) is 25.9. The highest BCUT2D eigenvalue weighted by molar-refractivity contribution is 9.10. The summed E-state index contributed by atoms with van der Waals surface area (Å²) in [5.41, 5.74) is 0.362. The highest BCUT2D eigenvalue weighted by Crippen LogP contribution is 2.39. The highest BCUT2D eigenvalue weighted by Gasteiger charge is 2.29. The molecule has 0 bridgehead atoms. The fraction of sp³-hybridized carbons (Fsp3) is 0.0833. The average Bonchev–Trinajstić information content (AvgIpc) is 2.73. The van der Waals surface area contributed by atoms with E-state index in [1.54, 1.807) is 54.6 Å². The number of carbonyl (C=O) groups is 1. The Balaban J connectivity index is 1.90. The van der Waals surface area contributed by atoms with E-state index in [1.807, 2.05) is 6.07 Å². The topological polar surface area (TPSA) is 87.7 Å². The second kappa shape index (κ2) is 8.16. The van der Waals surface area contributed by atoms with Crippen LogP contribution in [0.4, 0.5) is 0 Å². The highest BCUT2D eigenvalue weighted by atomic mass is 79.9. The standard InChI is InChI=1S/C24H17BrO5/c25-18-10-4-1-7-14(18)17(13-20(27)15-8-2-5-11-19(15)26)22-23(28)16-9-3-6-12-21(16)30-24(22)29/h1-12,17,26,28H,13H2. The largest absolute Gasteiger partial charge is 0.507 e. The molecule has 0 fully saturated rings. The number of hydrogen-bond donors (Lipinski definition) is 2. The molecule has 5 nitrogen and oxygen atoms in total. The van der Waals surface area contributed by atoms with Crippen LogP contribution in [0.5, 0.6) is 11.5 Å². The van der Waals surface area contributed by atoms with Gasteiger partial charge in [-0.05, 0) is 35.9 Å². The second-order valence-corrected chi connectivity index (χ2v) is 7.72. The van der Waals surface area contributed by atoms with Crippen LogP contribution in [-0.2, 0) is 0 Å². The summed E-state index contributed by atoms with van der Waals surface area (Å²) in [6.07, 6.45) is -0.142. The molecule has 30 heavy (non-hydrogen) atoms. The summed E-state index contributed by atoms with van der Waals surface area (Å²) >= 11 is 3.48. The smallest absolute Gasteiger partial charge is 0.343 e. The third-order valence-corrected chi connectivity index (χ3v) is 5.77. The fourth-order valence-electron chi connectivity index (χ4n) is 3.59. The zero-order valence-corrected chi connectivity index (χ0v) is 17.3. The number of benzene rings is 3. The van der Waals surface area contributed by atoms with Gasteiger partial charge in [-0.15, -0.1) is 0 Å². The van der Waals surface area contributed by atoms with Crippen molar-refractivity contribution in [1.82, 2.24) is 0 Å². The van der Waals surface area contributed by atoms with Gasteiger partial charge in [0, 0.05) is 16.8 Å². The molecule has 1 heterocycles. The number of aromatic hydroxyl groups is 2. The molecule has 1 aromatic heterocycles. The van der Waals surface area contributed by atoms with Crippen LogP contribution in [0.25, 0.3) is 11.0 Å². The van der Waals surface area contributed by atoms with Crippen LogP contribution in [-0.4, -0.2) is 16.0 Å². The number of carbonyl (C=O) groups excluding carboxylic acids is 1. The zero-order chi connectivity index (χ0) is 21.3. The Morgan fingerprint density at radius 3 is 2.37 bits per heavy atom. The van der Waals surface area contributed by atoms with Crippen LogP contribution in [0.2, 0.25) is 0 Å². The van der Waals surface area contributed by atoms with Crippen molar-refractivity contribution in [2.75, 3.05) is 0 Å². The molecular formula is C24H17BrO5. The molecule has 0 aliphatic heterocycles. The summed E-state index contributed by atoms with van der Waals surface area (Å²) in [5, 5.41) is 21.4. The number of Topliss-reactive ketones (excluding diaryl/α,β-unsaturated/α-hetero) is 1. The number of fused-ring (bicyclic) bond motifs is 1. The van der Waals surface area contributed by atoms with Gasteiger partial charge in [-0.1, -0.05) is 58.4 Å². The summed E-state index contributed by atoms with van der Waals surface area (Å²) in [5.74, 6) is -1.50. The summed E-state index contributed by atoms with van der Waals surface area (Å²) in [6.45, 7) is 0. The van der Waals surface area contributed by atoms with Crippen molar-refractivity contribution in [3.8, 4) is 11.5 Å². The molecule has 4 aromatic rings. The zero-order valence-electron chi connectivity index (χ0n) is 15.7. The first kappa shape index (κ1) is 19.9. The Kier molecular flexibility index (Phi) is 5.42. The lowest BCUT2D eigenvalue weighted by atomic mass is 9.85. The molecule has 0 aliphatic rings. The van der Waals surface area contributed by atoms with Crippen LogP contribution < -0.4 is 5.63 Å². The number of phenols is 1. The van der Waals surface area contributed by atoms with Gasteiger partial charge in [0.2, 0.25) is 0 Å². The first-order valence-electron chi connectivity index (χ1n) is 9.27. The number of para-hydroxylation sites is 2. The molecule has 4 rings (SSSR count). The number of halogens is 1. The van der Waals surface area contributed by atoms with E-state index < -0.39 is 11.5 Å². The second-order valence-electron chi connectivity index (χ2n) is 6.87. The molecule has 0 aliphatic carbocycles. The molecule has 150 valence electrons. The van der Waals surface area contributed by atoms with Gasteiger partial charge in [0.1, 0.15) is 17.1 Å². The Morgan fingerprint density at radius 2 is 1.60 bits per heavy atom. The number of hydrogen-bond acceptors (Lipinski definition) is 5. The minimum Gasteiger partial charge on any atom is -0.507 e. The Hall–Kier alpha value is -3.38. The monoisotopic (exact) mass is 464 g/mol. The minimum absolute atomic E-state index is 0.00405. The minimum atomic E-state index is -0.784. The molecule has 0 amide bonds. The van der Waals surface area contributed by atoms with E-state index in [0.717, 1.165) is 0 Å². The predicted molar refractivity (Wildman–Crippen MR) is 117 cm³/mol. The van der Waals surface area contributed by atoms with E-state index in [4.69, 9.17) is 4.42 Å². The van der Waals surface area contributed by atoms with Gasteiger partial charge < -0.3 is 14.6 Å². The fourth-order valence-corrected chi connectivity index (χ4v) is 4.15. The first-order chi connectivity index (χ1) is 14.5. The van der Waals surface area contributed by atoms with Crippen molar-refractivity contribution in [3.63, 3.8) is 0 Å². The van der Waals surface area contributed by atoms with E-state index in [2.05, 4.69) is 15.9 Å². The molecule has 6 heteroatoms. The van der Waals surface area contributed by atoms with Crippen molar-refractivity contribution >= 4 is 32.7 Å². The lowest BCUT2D eigenvalue weighted by Crippen LogP contribution is -2.18. The van der Waals surface area contributed by atoms with E-state index in [-0.39, 0.29) is 40.4 Å². The summed E-state index contributed by atoms with van der Waals surface area (Å²) in [7, 11) is 0. The number of rotatable bonds is 5. The van der Waals surface area contributed by atoms with Gasteiger partial charge in [0.15, 0.2) is 5.78 Å². The first-order valence-corrected chi connectivity index (χ1v) is 10.1. The van der Waals surface area contributed by atoms with Gasteiger partial charge in [0.05, 0.1) is 16.5 Å². The van der Waals surface area contributed by atoms with E-state index >= 15 is 0 Å². The molecule has 0 saturated heterocycles. The molecule has 2 N–H and O–H groups in total. The molecule has 0 spiro atoms. The maximum absolute atomic E-state index is 13.0. The van der Waals surface area contributed by atoms with Crippen LogP contribution in [0.3, 0.4) is 0 Å². The third kappa shape index (κ3) is 3.62. The molecule has 0 radical (unpaired) electrons. The maximum atomic E-state index is 13.0. The average molecular weight is 465 g/mol. The van der Waals surface area contributed by atoms with Gasteiger partial charge in [0.25, 0.3) is 0 Å². The van der Waals surface area contributed by atoms with E-state index in [0.29, 0.717) is 15.4 Å². The SMILES string of the molecule is O=C(CC(c1ccccc1Br)c1c(O)c2ccccc2oc1=O)c1ccccc1O. The Labute approximate surface area is 180 Å². The third-order valence-electron chi connectivity index (χ3n) is 5.04. The van der Waals surface area contributed by atoms with Crippen LogP contribution in [0.1, 0.15) is 33.8 Å². The van der Waals surface area contributed by atoms with E-state index in [9.17, 15) is 19.8 Å². The van der Waals surface area contributed by atoms with Crippen LogP contribution in [0.15, 0.2) is 86.5 Å². The van der Waals surface area contributed by atoms with Crippen molar-refractivity contribution in [1.29, 1.82) is 0 Å². The van der Waals surface area contributed by atoms with Gasteiger partial charge in [-0.25, -0.2) is 4.79 Å². The van der Waals surface area contributed by atoms with Gasteiger partial charge in [-0.3, -0.25) is 4.79 Å². The van der Waals surface area contributed by atoms with Crippen molar-refractivity contribution in [3.05, 3.63) is 104 Å². The predicted octanol–water partition coefficient (Wildman–Crippen LogP) is 5.37. The van der Waals surface area contributed by atoms with E-state index in [1.165, 1.54) is 12.1 Å². The Bertz CT molecular complexity index is 1310. The molecule has 1 atom stereocenters. The van der Waals surface area contributed by atoms with Gasteiger partial charge >= 0.3 is 5.63 Å². The van der Waals surface area contributed by atoms with Crippen LogP contribution in [0, 0.1) is 0 Å². The number of phenolic OH excluding ortho intramolecular Hbond substituents is 1. The lowest BCUT2D eigenvalue weighted by Gasteiger charge is -2.19. The van der Waals surface area contributed by atoms with Crippen molar-refractivity contribution in [2.45, 2.75) is 12.3 Å². The number of ketones is 1. The molecular weight excluding hydrogens is 448 g/mol. The molecule has 1 unspecified atom stereocenters. The lowest BCUT2D eigenvalue weighted by molar-refractivity contribution is 0.0974. The summed E-state index contributed by atoms with van der Waals surface area (Å²) < 4.78 is 6.12. The normalized spacial score (nSPS) is 12.0. The summed E-state index contributed by atoms with van der Waals surface area (Å²) in [6, 6.07) is 20.1.